The van der Waals surface area contributed by atoms with E-state index in [1.165, 1.54) is 37.0 Å². The van der Waals surface area contributed by atoms with Crippen LogP contribution in [-0.4, -0.2) is 44.8 Å². The number of carbonyl (C=O) groups is 1. The fraction of sp³-hybridized carbons (Fsp3) is 0.222. The summed E-state index contributed by atoms with van der Waals surface area (Å²) in [6, 6.07) is 16.6. The van der Waals surface area contributed by atoms with Crippen molar-refractivity contribution in [3.8, 4) is 17.4 Å². The Hall–Kier alpha value is -4.38. The summed E-state index contributed by atoms with van der Waals surface area (Å²) in [7, 11) is 0.278. The minimum atomic E-state index is -4.24. The first-order valence-electron chi connectivity index (χ1n) is 11.6. The highest BCUT2D eigenvalue weighted by Crippen LogP contribution is 2.38. The zero-order valence-electron chi connectivity index (χ0n) is 21.7. The normalized spacial score (nSPS) is 11.7. The van der Waals surface area contributed by atoms with E-state index in [9.17, 15) is 18.3 Å². The van der Waals surface area contributed by atoms with Gasteiger partial charge >= 0.3 is 0 Å². The number of amides is 1. The molecular weight excluding hydrogens is 508 g/mol. The SMILES string of the molecule is COc1ccc(S(=O)(=O)N(CC(=O)N=Nc2c(O)n(C)c3ccccc23)c2cc(C)cc(C)c2)cc1OC. The van der Waals surface area contributed by atoms with Crippen LogP contribution >= 0.6 is 0 Å². The number of methoxy groups -OCH3 is 2. The molecule has 0 aliphatic heterocycles. The Labute approximate surface area is 220 Å². The summed E-state index contributed by atoms with van der Waals surface area (Å²) in [5.41, 5.74) is 2.77. The van der Waals surface area contributed by atoms with Crippen LogP contribution in [0.15, 0.2) is 75.8 Å². The van der Waals surface area contributed by atoms with Crippen LogP contribution in [0.5, 0.6) is 17.4 Å². The Balaban J connectivity index is 1.74. The molecule has 0 radical (unpaired) electrons. The lowest BCUT2D eigenvalue weighted by Crippen LogP contribution is -2.35. The van der Waals surface area contributed by atoms with Crippen molar-refractivity contribution in [3.05, 3.63) is 71.8 Å². The van der Waals surface area contributed by atoms with Crippen LogP contribution in [0.3, 0.4) is 0 Å². The van der Waals surface area contributed by atoms with Gasteiger partial charge in [-0.2, -0.15) is 0 Å². The molecule has 0 unspecified atom stereocenters. The molecule has 198 valence electrons. The van der Waals surface area contributed by atoms with E-state index in [1.807, 2.05) is 26.0 Å². The van der Waals surface area contributed by atoms with E-state index in [4.69, 9.17) is 9.47 Å². The quantitative estimate of drug-likeness (QED) is 0.315. The van der Waals surface area contributed by atoms with Gasteiger partial charge in [0, 0.05) is 18.5 Å². The first kappa shape index (κ1) is 26.7. The number of sulfonamides is 1. The van der Waals surface area contributed by atoms with Crippen LogP contribution in [0.1, 0.15) is 11.1 Å². The standard InChI is InChI=1S/C27H28N4O6S/c1-17-12-18(2)14-19(13-17)31(38(34,35)20-10-11-23(36-4)24(15-20)37-5)16-25(32)28-29-26-21-8-6-7-9-22(21)30(3)27(26)33/h6-15,33H,16H2,1-5H3. The monoisotopic (exact) mass is 536 g/mol. The van der Waals surface area contributed by atoms with Gasteiger partial charge in [0.25, 0.3) is 15.9 Å². The van der Waals surface area contributed by atoms with Gasteiger partial charge in [-0.15, -0.1) is 10.2 Å². The van der Waals surface area contributed by atoms with Crippen molar-refractivity contribution in [1.29, 1.82) is 0 Å². The molecule has 11 heteroatoms. The van der Waals surface area contributed by atoms with Gasteiger partial charge in [0.05, 0.1) is 30.3 Å². The number of ether oxygens (including phenoxy) is 2. The molecule has 0 aliphatic rings. The van der Waals surface area contributed by atoms with E-state index >= 15 is 0 Å². The summed E-state index contributed by atoms with van der Waals surface area (Å²) in [5, 5.41) is 18.8. The number of rotatable bonds is 8. The summed E-state index contributed by atoms with van der Waals surface area (Å²) >= 11 is 0. The van der Waals surface area contributed by atoms with Gasteiger partial charge in [0.15, 0.2) is 17.2 Å². The molecule has 3 aromatic carbocycles. The van der Waals surface area contributed by atoms with E-state index < -0.39 is 22.5 Å². The van der Waals surface area contributed by atoms with Gasteiger partial charge in [-0.1, -0.05) is 24.3 Å². The van der Waals surface area contributed by atoms with Crippen LogP contribution in [0.25, 0.3) is 10.9 Å². The van der Waals surface area contributed by atoms with Crippen LogP contribution in [-0.2, 0) is 21.9 Å². The Bertz CT molecular complexity index is 1640. The number of carbonyl (C=O) groups excluding carboxylic acids is 1. The largest absolute Gasteiger partial charge is 0.493 e. The molecule has 38 heavy (non-hydrogen) atoms. The topological polar surface area (TPSA) is 123 Å². The predicted octanol–water partition coefficient (Wildman–Crippen LogP) is 5.02. The lowest BCUT2D eigenvalue weighted by molar-refractivity contribution is -0.116. The van der Waals surface area contributed by atoms with E-state index in [-0.39, 0.29) is 22.2 Å². The molecular formula is C27H28N4O6S. The van der Waals surface area contributed by atoms with Gasteiger partial charge in [0.2, 0.25) is 5.88 Å². The van der Waals surface area contributed by atoms with Crippen molar-refractivity contribution in [2.75, 3.05) is 25.1 Å². The number of hydrogen-bond acceptors (Lipinski definition) is 7. The number of hydrogen-bond donors (Lipinski definition) is 1. The second-order valence-electron chi connectivity index (χ2n) is 8.72. The summed E-state index contributed by atoms with van der Waals surface area (Å²) in [4.78, 5) is 12.9. The molecule has 10 nitrogen and oxygen atoms in total. The second kappa shape index (κ2) is 10.5. The number of para-hydroxylation sites is 1. The van der Waals surface area contributed by atoms with Crippen molar-refractivity contribution in [2.24, 2.45) is 17.3 Å². The molecule has 4 rings (SSSR count). The summed E-state index contributed by atoms with van der Waals surface area (Å²) in [6.45, 7) is 3.06. The second-order valence-corrected chi connectivity index (χ2v) is 10.6. The summed E-state index contributed by atoms with van der Waals surface area (Å²) in [5.74, 6) is -0.386. The Morgan fingerprint density at radius 2 is 1.63 bits per heavy atom. The van der Waals surface area contributed by atoms with Gasteiger partial charge in [0.1, 0.15) is 6.54 Å². The van der Waals surface area contributed by atoms with Crippen molar-refractivity contribution in [1.82, 2.24) is 4.57 Å². The number of benzene rings is 3. The first-order chi connectivity index (χ1) is 18.1. The van der Waals surface area contributed by atoms with Gasteiger partial charge in [-0.25, -0.2) is 8.42 Å². The molecule has 4 aromatic rings. The fourth-order valence-corrected chi connectivity index (χ4v) is 5.65. The average molecular weight is 537 g/mol. The number of anilines is 1. The van der Waals surface area contributed by atoms with Gasteiger partial charge in [-0.05, 0) is 55.3 Å². The molecule has 0 aliphatic carbocycles. The molecule has 1 N–H and O–H groups in total. The predicted molar refractivity (Wildman–Crippen MR) is 144 cm³/mol. The molecule has 0 saturated carbocycles. The molecule has 1 aromatic heterocycles. The maximum Gasteiger partial charge on any atom is 0.285 e. The molecule has 0 bridgehead atoms. The minimum absolute atomic E-state index is 0.0919. The van der Waals surface area contributed by atoms with Crippen LogP contribution in [0, 0.1) is 13.8 Å². The van der Waals surface area contributed by atoms with Crippen molar-refractivity contribution < 1.29 is 27.8 Å². The first-order valence-corrected chi connectivity index (χ1v) is 13.0. The third-order valence-electron chi connectivity index (χ3n) is 6.03. The molecule has 0 spiro atoms. The highest BCUT2D eigenvalue weighted by molar-refractivity contribution is 7.92. The fourth-order valence-electron chi connectivity index (χ4n) is 4.23. The smallest absolute Gasteiger partial charge is 0.285 e. The van der Waals surface area contributed by atoms with Crippen molar-refractivity contribution in [2.45, 2.75) is 18.7 Å². The van der Waals surface area contributed by atoms with Crippen molar-refractivity contribution in [3.63, 3.8) is 0 Å². The molecule has 1 heterocycles. The van der Waals surface area contributed by atoms with Crippen LogP contribution < -0.4 is 13.8 Å². The van der Waals surface area contributed by atoms with Crippen LogP contribution in [0.4, 0.5) is 11.4 Å². The van der Waals surface area contributed by atoms with Crippen LogP contribution in [0.2, 0.25) is 0 Å². The number of nitrogens with zero attached hydrogens (tertiary/aromatic N) is 4. The lowest BCUT2D eigenvalue weighted by atomic mass is 10.1. The molecule has 0 fully saturated rings. The number of aromatic nitrogens is 1. The maximum atomic E-state index is 13.8. The van der Waals surface area contributed by atoms with E-state index in [0.29, 0.717) is 22.3 Å². The average Bonchev–Trinajstić information content (AvgIpc) is 3.14. The number of aryl methyl sites for hydroxylation is 3. The Morgan fingerprint density at radius 3 is 2.29 bits per heavy atom. The minimum Gasteiger partial charge on any atom is -0.493 e. The number of azo groups is 1. The summed E-state index contributed by atoms with van der Waals surface area (Å²) in [6.07, 6.45) is 0. The Morgan fingerprint density at radius 1 is 0.974 bits per heavy atom. The zero-order chi connectivity index (χ0) is 27.6. The number of fused-ring (bicyclic) bond motifs is 1. The highest BCUT2D eigenvalue weighted by Gasteiger charge is 2.29. The van der Waals surface area contributed by atoms with E-state index in [1.54, 1.807) is 37.4 Å². The van der Waals surface area contributed by atoms with Gasteiger partial charge < -0.3 is 19.1 Å². The molecule has 0 atom stereocenters. The lowest BCUT2D eigenvalue weighted by Gasteiger charge is -2.24. The zero-order valence-corrected chi connectivity index (χ0v) is 22.5. The third-order valence-corrected chi connectivity index (χ3v) is 7.80. The summed E-state index contributed by atoms with van der Waals surface area (Å²) < 4.78 is 40.7. The van der Waals surface area contributed by atoms with Crippen molar-refractivity contribution >= 4 is 38.2 Å². The highest BCUT2D eigenvalue weighted by atomic mass is 32.2. The molecule has 1 amide bonds. The maximum absolute atomic E-state index is 13.8. The van der Waals surface area contributed by atoms with E-state index in [2.05, 4.69) is 10.2 Å². The van der Waals surface area contributed by atoms with E-state index in [0.717, 1.165) is 15.4 Å². The van der Waals surface area contributed by atoms with Gasteiger partial charge in [-0.3, -0.25) is 9.10 Å². The molecule has 0 saturated heterocycles. The third kappa shape index (κ3) is 5.05. The Kier molecular flexibility index (Phi) is 7.40. The number of aromatic hydroxyl groups is 1.